The predicted molar refractivity (Wildman–Crippen MR) is 100 cm³/mol. The average Bonchev–Trinajstić information content (AvgIpc) is 2.90. The van der Waals surface area contributed by atoms with Crippen LogP contribution in [0.2, 0.25) is 0 Å². The topological polar surface area (TPSA) is 109 Å². The first-order valence-corrected chi connectivity index (χ1v) is 8.74. The second-order valence-electron chi connectivity index (χ2n) is 6.43. The highest BCUT2D eigenvalue weighted by atomic mass is 16.6. The molecule has 8 heteroatoms. The van der Waals surface area contributed by atoms with E-state index >= 15 is 0 Å². The van der Waals surface area contributed by atoms with Crippen molar-refractivity contribution in [3.8, 4) is 0 Å². The molecule has 0 saturated heterocycles. The smallest absolute Gasteiger partial charge is 0.358 e. The molecule has 0 radical (unpaired) electrons. The van der Waals surface area contributed by atoms with Gasteiger partial charge in [0.15, 0.2) is 0 Å². The normalized spacial score (nSPS) is 26.4. The summed E-state index contributed by atoms with van der Waals surface area (Å²) >= 11 is 0. The molecule has 1 heterocycles. The van der Waals surface area contributed by atoms with Crippen molar-refractivity contribution in [3.63, 3.8) is 0 Å². The number of ether oxygens (including phenoxy) is 2. The van der Waals surface area contributed by atoms with E-state index in [0.717, 1.165) is 19.1 Å². The van der Waals surface area contributed by atoms with Crippen LogP contribution in [-0.4, -0.2) is 65.8 Å². The van der Waals surface area contributed by atoms with E-state index < -0.39 is 29.3 Å². The van der Waals surface area contributed by atoms with Crippen LogP contribution in [0.4, 0.5) is 0 Å². The molecule has 28 heavy (non-hydrogen) atoms. The van der Waals surface area contributed by atoms with E-state index in [9.17, 15) is 19.8 Å². The summed E-state index contributed by atoms with van der Waals surface area (Å²) < 4.78 is 9.71. The molecule has 148 valence electrons. The van der Waals surface area contributed by atoms with Gasteiger partial charge in [0.1, 0.15) is 0 Å². The van der Waals surface area contributed by atoms with Crippen LogP contribution in [0.1, 0.15) is 5.56 Å². The average molecular weight is 386 g/mol. The Morgan fingerprint density at radius 1 is 1.21 bits per heavy atom. The maximum absolute atomic E-state index is 12.8. The number of hydrogen-bond acceptors (Lipinski definition) is 8. The molecule has 0 fully saturated rings. The summed E-state index contributed by atoms with van der Waals surface area (Å²) in [5.74, 6) is -3.02. The molecule has 0 amide bonds. The quantitative estimate of drug-likeness (QED) is 0.720. The van der Waals surface area contributed by atoms with Crippen LogP contribution in [0.5, 0.6) is 0 Å². The summed E-state index contributed by atoms with van der Waals surface area (Å²) in [5, 5.41) is 23.2. The number of rotatable bonds is 4. The predicted octanol–water partition coefficient (Wildman–Crippen LogP) is 0.365. The van der Waals surface area contributed by atoms with Crippen LogP contribution in [-0.2, 0) is 24.8 Å². The second kappa shape index (κ2) is 7.67. The highest BCUT2D eigenvalue weighted by molar-refractivity contribution is 6.04. The SMILES string of the molecule is COC(=O)C(O)(c1ccccc1)N1CCN=C2C=CC=CC2C1(O)C(=O)OC. The van der Waals surface area contributed by atoms with Crippen molar-refractivity contribution in [1.29, 1.82) is 0 Å². The summed E-state index contributed by atoms with van der Waals surface area (Å²) in [6, 6.07) is 7.99. The molecular formula is C20H22N2O6. The van der Waals surface area contributed by atoms with Crippen molar-refractivity contribution in [2.45, 2.75) is 11.4 Å². The molecule has 1 aromatic rings. The van der Waals surface area contributed by atoms with Crippen molar-refractivity contribution >= 4 is 17.7 Å². The minimum atomic E-state index is -2.45. The largest absolute Gasteiger partial charge is 0.466 e. The van der Waals surface area contributed by atoms with Gasteiger partial charge in [-0.25, -0.2) is 14.5 Å². The Kier molecular flexibility index (Phi) is 5.46. The third kappa shape index (κ3) is 2.95. The molecule has 1 aromatic carbocycles. The Bertz CT molecular complexity index is 850. The van der Waals surface area contributed by atoms with E-state index in [-0.39, 0.29) is 18.7 Å². The fourth-order valence-electron chi connectivity index (χ4n) is 3.63. The van der Waals surface area contributed by atoms with Crippen molar-refractivity contribution < 1.29 is 29.3 Å². The molecule has 1 aliphatic carbocycles. The van der Waals surface area contributed by atoms with Crippen LogP contribution >= 0.6 is 0 Å². The van der Waals surface area contributed by atoms with E-state index in [1.54, 1.807) is 42.5 Å². The fraction of sp³-hybridized carbons (Fsp3) is 0.350. The lowest BCUT2D eigenvalue weighted by molar-refractivity contribution is -0.252. The first-order chi connectivity index (χ1) is 13.4. The minimum absolute atomic E-state index is 0.103. The molecule has 3 unspecified atom stereocenters. The highest BCUT2D eigenvalue weighted by Gasteiger charge is 2.61. The number of benzene rings is 1. The van der Waals surface area contributed by atoms with Gasteiger partial charge >= 0.3 is 11.9 Å². The molecule has 0 spiro atoms. The summed E-state index contributed by atoms with van der Waals surface area (Å²) in [5.41, 5.74) is -4.26. The van der Waals surface area contributed by atoms with Gasteiger partial charge in [0.05, 0.1) is 26.7 Å². The molecule has 2 aliphatic rings. The van der Waals surface area contributed by atoms with Gasteiger partial charge in [0.2, 0.25) is 11.4 Å². The minimum Gasteiger partial charge on any atom is -0.466 e. The lowest BCUT2D eigenvalue weighted by atomic mass is 9.84. The van der Waals surface area contributed by atoms with E-state index in [4.69, 9.17) is 9.47 Å². The summed E-state index contributed by atoms with van der Waals surface area (Å²) in [4.78, 5) is 31.0. The number of hydrogen-bond donors (Lipinski definition) is 2. The van der Waals surface area contributed by atoms with Gasteiger partial charge in [-0.2, -0.15) is 0 Å². The summed E-state index contributed by atoms with van der Waals surface area (Å²) in [7, 11) is 2.25. The van der Waals surface area contributed by atoms with Gasteiger partial charge < -0.3 is 19.7 Å². The molecule has 1 aliphatic heterocycles. The highest BCUT2D eigenvalue weighted by Crippen LogP contribution is 2.40. The monoisotopic (exact) mass is 386 g/mol. The zero-order valence-electron chi connectivity index (χ0n) is 15.6. The number of carbonyl (C=O) groups is 2. The van der Waals surface area contributed by atoms with Crippen LogP contribution in [0.15, 0.2) is 59.6 Å². The van der Waals surface area contributed by atoms with Crippen molar-refractivity contribution in [1.82, 2.24) is 4.90 Å². The van der Waals surface area contributed by atoms with Gasteiger partial charge in [0, 0.05) is 17.8 Å². The summed E-state index contributed by atoms with van der Waals surface area (Å²) in [6.45, 7) is 0.0310. The zero-order chi connectivity index (χ0) is 20.4. The van der Waals surface area contributed by atoms with E-state index in [0.29, 0.717) is 5.71 Å². The Balaban J connectivity index is 2.23. The Labute approximate surface area is 162 Å². The Hall–Kier alpha value is -2.81. The Morgan fingerprint density at radius 2 is 1.93 bits per heavy atom. The second-order valence-corrected chi connectivity index (χ2v) is 6.43. The van der Waals surface area contributed by atoms with E-state index in [1.807, 2.05) is 0 Å². The number of methoxy groups -OCH3 is 2. The maximum Gasteiger partial charge on any atom is 0.358 e. The molecule has 3 atom stereocenters. The number of esters is 2. The molecule has 3 rings (SSSR count). The molecule has 0 aromatic heterocycles. The zero-order valence-corrected chi connectivity index (χ0v) is 15.6. The third-order valence-corrected chi connectivity index (χ3v) is 4.99. The number of aliphatic imine (C=N–C) groups is 1. The van der Waals surface area contributed by atoms with Crippen molar-refractivity contribution in [2.24, 2.45) is 10.9 Å². The van der Waals surface area contributed by atoms with Gasteiger partial charge in [-0.1, -0.05) is 48.6 Å². The lowest BCUT2D eigenvalue weighted by Gasteiger charge is -2.47. The van der Waals surface area contributed by atoms with Crippen molar-refractivity contribution in [3.05, 3.63) is 60.2 Å². The van der Waals surface area contributed by atoms with Gasteiger partial charge in [0.25, 0.3) is 0 Å². The molecule has 0 bridgehead atoms. The first kappa shape index (κ1) is 19.9. The third-order valence-electron chi connectivity index (χ3n) is 4.99. The fourth-order valence-corrected chi connectivity index (χ4v) is 3.63. The number of carbonyl (C=O) groups excluding carboxylic acids is 2. The van der Waals surface area contributed by atoms with Crippen LogP contribution in [0.25, 0.3) is 0 Å². The van der Waals surface area contributed by atoms with Crippen LogP contribution in [0.3, 0.4) is 0 Å². The van der Waals surface area contributed by atoms with Crippen LogP contribution < -0.4 is 0 Å². The molecule has 8 nitrogen and oxygen atoms in total. The van der Waals surface area contributed by atoms with Crippen molar-refractivity contribution in [2.75, 3.05) is 27.3 Å². The lowest BCUT2D eigenvalue weighted by Crippen LogP contribution is -2.69. The van der Waals surface area contributed by atoms with Gasteiger partial charge in [-0.05, 0) is 6.08 Å². The number of allylic oxidation sites excluding steroid dienone is 3. The first-order valence-electron chi connectivity index (χ1n) is 8.74. The molecular weight excluding hydrogens is 364 g/mol. The Morgan fingerprint density at radius 3 is 2.57 bits per heavy atom. The van der Waals surface area contributed by atoms with E-state index in [1.165, 1.54) is 12.1 Å². The van der Waals surface area contributed by atoms with Crippen LogP contribution in [0, 0.1) is 5.92 Å². The maximum atomic E-state index is 12.8. The van der Waals surface area contributed by atoms with Gasteiger partial charge in [-0.15, -0.1) is 0 Å². The number of nitrogens with zero attached hydrogens (tertiary/aromatic N) is 2. The van der Waals surface area contributed by atoms with Gasteiger partial charge in [-0.3, -0.25) is 4.99 Å². The molecule has 0 saturated carbocycles. The van der Waals surface area contributed by atoms with E-state index in [2.05, 4.69) is 4.99 Å². The standard InChI is InChI=1S/C20H22N2O6/c1-27-17(23)19(25,14-8-4-3-5-9-14)22-13-12-21-16-11-7-6-10-15(16)20(22,26)18(24)28-2/h3-11,15,25-26H,12-13H2,1-2H3. The summed E-state index contributed by atoms with van der Waals surface area (Å²) in [6.07, 6.45) is 6.63. The molecule has 2 N–H and O–H groups in total. The number of aliphatic hydroxyl groups is 2. The number of fused-ring (bicyclic) bond motifs is 1.